The lowest BCUT2D eigenvalue weighted by atomic mass is 9.83. The summed E-state index contributed by atoms with van der Waals surface area (Å²) in [6.07, 6.45) is -4.84. The van der Waals surface area contributed by atoms with Crippen LogP contribution in [0.15, 0.2) is 72.8 Å². The van der Waals surface area contributed by atoms with Gasteiger partial charge in [0.05, 0.1) is 32.8 Å². The highest BCUT2D eigenvalue weighted by Gasteiger charge is 2.42. The smallest absolute Gasteiger partial charge is 0.506 e. The summed E-state index contributed by atoms with van der Waals surface area (Å²) in [7, 11) is 0. The highest BCUT2D eigenvalue weighted by atomic mass is 32.1. The summed E-state index contributed by atoms with van der Waals surface area (Å²) < 4.78 is 71.4. The van der Waals surface area contributed by atoms with Crippen molar-refractivity contribution in [2.75, 3.05) is 22.1 Å². The molecule has 5 aromatic rings. The number of aromatic nitrogens is 1. The number of phenols is 1. The number of urea groups is 1. The number of thiazole rings is 1. The van der Waals surface area contributed by atoms with Crippen LogP contribution < -0.4 is 20.3 Å². The Hall–Kier alpha value is -4.91. The minimum absolute atomic E-state index is 0.202. The quantitative estimate of drug-likeness (QED) is 0.170. The molecule has 2 amide bonds. The number of amides is 2. The third kappa shape index (κ3) is 5.57. The summed E-state index contributed by atoms with van der Waals surface area (Å²) in [5.74, 6) is -1.87. The second-order valence-corrected chi connectivity index (χ2v) is 11.8. The van der Waals surface area contributed by atoms with E-state index >= 15 is 4.39 Å². The van der Waals surface area contributed by atoms with E-state index in [2.05, 4.69) is 20.4 Å². The minimum atomic E-state index is -4.84. The lowest BCUT2D eigenvalue weighted by Gasteiger charge is -2.25. The molecule has 7 nitrogen and oxygen atoms in total. The van der Waals surface area contributed by atoms with Crippen molar-refractivity contribution in [2.24, 2.45) is 0 Å². The van der Waals surface area contributed by atoms with E-state index in [0.717, 1.165) is 18.2 Å². The molecule has 1 aliphatic heterocycles. The zero-order chi connectivity index (χ0) is 31.4. The minimum Gasteiger partial charge on any atom is -0.506 e. The number of aromatic hydroxyl groups is 1. The first-order valence-corrected chi connectivity index (χ1v) is 14.0. The van der Waals surface area contributed by atoms with Crippen LogP contribution in [0.3, 0.4) is 0 Å². The molecule has 0 aliphatic carbocycles. The molecular weight excluding hydrogens is 603 g/mol. The number of halogens is 5. The number of phenolic OH excluding ortho intramolecular Hbond substituents is 1. The van der Waals surface area contributed by atoms with Gasteiger partial charge >= 0.3 is 12.4 Å². The second kappa shape index (κ2) is 10.7. The number of carbonyl (C=O) groups excluding carboxylic acids is 1. The van der Waals surface area contributed by atoms with E-state index in [9.17, 15) is 27.5 Å². The van der Waals surface area contributed by atoms with Gasteiger partial charge in [-0.05, 0) is 48.5 Å². The average molecular weight is 627 g/mol. The van der Waals surface area contributed by atoms with Crippen LogP contribution in [-0.2, 0) is 5.41 Å². The van der Waals surface area contributed by atoms with E-state index in [1.54, 1.807) is 35.2 Å². The molecule has 226 valence electrons. The molecule has 0 fully saturated rings. The molecule has 0 radical (unpaired) electrons. The highest BCUT2D eigenvalue weighted by Crippen LogP contribution is 2.55. The lowest BCUT2D eigenvalue weighted by molar-refractivity contribution is -0.274. The van der Waals surface area contributed by atoms with Gasteiger partial charge in [0.1, 0.15) is 28.1 Å². The third-order valence-corrected chi connectivity index (χ3v) is 8.14. The molecule has 13 heteroatoms. The van der Waals surface area contributed by atoms with Crippen molar-refractivity contribution < 1.29 is 36.6 Å². The van der Waals surface area contributed by atoms with Gasteiger partial charge in [0.25, 0.3) is 0 Å². The molecule has 4 aromatic carbocycles. The molecule has 6 rings (SSSR count). The van der Waals surface area contributed by atoms with Crippen molar-refractivity contribution >= 4 is 50.3 Å². The Kier molecular flexibility index (Phi) is 7.07. The number of rotatable bonds is 5. The predicted octanol–water partition coefficient (Wildman–Crippen LogP) is 8.92. The van der Waals surface area contributed by atoms with Crippen molar-refractivity contribution in [1.82, 2.24) is 4.98 Å². The first-order valence-electron chi connectivity index (χ1n) is 13.2. The largest absolute Gasteiger partial charge is 0.573 e. The molecule has 0 unspecified atom stereocenters. The van der Waals surface area contributed by atoms with Gasteiger partial charge < -0.3 is 25.4 Å². The number of carbonyl (C=O) groups is 1. The molecule has 0 saturated carbocycles. The number of hydrogen-bond donors (Lipinski definition) is 3. The average Bonchev–Trinajstić information content (AvgIpc) is 3.47. The zero-order valence-electron chi connectivity index (χ0n) is 23.1. The van der Waals surface area contributed by atoms with Gasteiger partial charge in [-0.2, -0.15) is 0 Å². The van der Waals surface area contributed by atoms with Crippen molar-refractivity contribution in [3.8, 4) is 22.1 Å². The Labute approximate surface area is 251 Å². The van der Waals surface area contributed by atoms with Gasteiger partial charge in [-0.1, -0.05) is 26.0 Å². The topological polar surface area (TPSA) is 86.7 Å². The Balaban J connectivity index is 1.33. The lowest BCUT2D eigenvalue weighted by Crippen LogP contribution is -2.27. The highest BCUT2D eigenvalue weighted by molar-refractivity contribution is 7.21. The number of benzene rings is 4. The van der Waals surface area contributed by atoms with Crippen molar-refractivity contribution in [3.05, 3.63) is 90.0 Å². The monoisotopic (exact) mass is 626 g/mol. The van der Waals surface area contributed by atoms with E-state index in [1.807, 2.05) is 13.8 Å². The van der Waals surface area contributed by atoms with Gasteiger partial charge in [-0.15, -0.1) is 24.5 Å². The van der Waals surface area contributed by atoms with Crippen LogP contribution in [0, 0.1) is 11.6 Å². The SMILES string of the molecule is CC1(C)CN(c2ccccc2NC(=O)Nc2ccc(OC(F)(F)F)cc2)c2c(O)cc(F)c(-c3nc4cc(F)ccc4s3)c21. The number of ether oxygens (including phenoxy) is 1. The van der Waals surface area contributed by atoms with E-state index in [1.165, 1.54) is 35.6 Å². The molecular formula is C31H23F5N4O3S. The summed E-state index contributed by atoms with van der Waals surface area (Å²) in [5.41, 5.74) is 1.81. The number of nitrogens with one attached hydrogen (secondary N) is 2. The van der Waals surface area contributed by atoms with E-state index in [0.29, 0.717) is 44.4 Å². The number of anilines is 4. The summed E-state index contributed by atoms with van der Waals surface area (Å²) in [4.78, 5) is 19.2. The first-order chi connectivity index (χ1) is 20.8. The Bertz CT molecular complexity index is 1910. The predicted molar refractivity (Wildman–Crippen MR) is 159 cm³/mol. The molecule has 0 spiro atoms. The van der Waals surface area contributed by atoms with Crippen LogP contribution >= 0.6 is 11.3 Å². The van der Waals surface area contributed by atoms with Gasteiger partial charge in [-0.3, -0.25) is 0 Å². The van der Waals surface area contributed by atoms with Gasteiger partial charge in [0.2, 0.25) is 0 Å². The number of nitrogens with zero attached hydrogens (tertiary/aromatic N) is 2. The fraction of sp³-hybridized carbons (Fsp3) is 0.161. The fourth-order valence-corrected chi connectivity index (χ4v) is 6.37. The molecule has 3 N–H and O–H groups in total. The summed E-state index contributed by atoms with van der Waals surface area (Å²) in [6, 6.07) is 16.0. The molecule has 1 aromatic heterocycles. The summed E-state index contributed by atoms with van der Waals surface area (Å²) in [6.45, 7) is 4.10. The van der Waals surface area contributed by atoms with Crippen LogP contribution in [0.4, 0.5) is 49.5 Å². The zero-order valence-corrected chi connectivity index (χ0v) is 23.9. The molecule has 0 saturated heterocycles. The number of fused-ring (bicyclic) bond motifs is 2. The first kappa shape index (κ1) is 29.2. The summed E-state index contributed by atoms with van der Waals surface area (Å²) in [5, 5.41) is 16.7. The number of alkyl halides is 3. The Morgan fingerprint density at radius 2 is 1.75 bits per heavy atom. The van der Waals surface area contributed by atoms with Crippen LogP contribution in [0.2, 0.25) is 0 Å². The van der Waals surface area contributed by atoms with Crippen molar-refractivity contribution in [2.45, 2.75) is 25.6 Å². The number of para-hydroxylation sites is 2. The molecule has 2 heterocycles. The van der Waals surface area contributed by atoms with Crippen LogP contribution in [-0.4, -0.2) is 29.0 Å². The van der Waals surface area contributed by atoms with E-state index in [-0.39, 0.29) is 17.0 Å². The Morgan fingerprint density at radius 1 is 1.02 bits per heavy atom. The standard InChI is InChI=1S/C31H23F5N4O3S/c1-30(2)15-40(27-23(41)14-19(33)25(26(27)30)28-38-21-13-16(32)7-12-24(21)44-28)22-6-4-3-5-20(22)39-29(42)37-17-8-10-18(11-9-17)43-31(34,35)36/h3-14,41H,15H2,1-2H3,(H2,37,39,42). The van der Waals surface area contributed by atoms with E-state index in [4.69, 9.17) is 0 Å². The molecule has 0 atom stereocenters. The van der Waals surface area contributed by atoms with Crippen LogP contribution in [0.25, 0.3) is 20.8 Å². The maximum Gasteiger partial charge on any atom is 0.573 e. The molecule has 1 aliphatic rings. The molecule has 0 bridgehead atoms. The second-order valence-electron chi connectivity index (χ2n) is 10.7. The van der Waals surface area contributed by atoms with Crippen molar-refractivity contribution in [3.63, 3.8) is 0 Å². The van der Waals surface area contributed by atoms with Crippen molar-refractivity contribution in [1.29, 1.82) is 0 Å². The maximum absolute atomic E-state index is 15.6. The summed E-state index contributed by atoms with van der Waals surface area (Å²) >= 11 is 1.21. The fourth-order valence-electron chi connectivity index (χ4n) is 5.37. The maximum atomic E-state index is 15.6. The number of hydrogen-bond acceptors (Lipinski definition) is 6. The third-order valence-electron chi connectivity index (χ3n) is 7.08. The van der Waals surface area contributed by atoms with Gasteiger partial charge in [-0.25, -0.2) is 18.6 Å². The van der Waals surface area contributed by atoms with Gasteiger partial charge in [0.15, 0.2) is 0 Å². The Morgan fingerprint density at radius 3 is 2.48 bits per heavy atom. The molecule has 44 heavy (non-hydrogen) atoms. The van der Waals surface area contributed by atoms with Crippen LogP contribution in [0.1, 0.15) is 19.4 Å². The van der Waals surface area contributed by atoms with Crippen LogP contribution in [0.5, 0.6) is 11.5 Å². The normalized spacial score (nSPS) is 14.0. The van der Waals surface area contributed by atoms with E-state index < -0.39 is 35.2 Å². The van der Waals surface area contributed by atoms with Gasteiger partial charge in [0, 0.05) is 35.3 Å².